The summed E-state index contributed by atoms with van der Waals surface area (Å²) in [5.74, 6) is 0. The van der Waals surface area contributed by atoms with Crippen LogP contribution in [0.3, 0.4) is 0 Å². The predicted octanol–water partition coefficient (Wildman–Crippen LogP) is 7.05. The molecule has 0 aliphatic heterocycles. The van der Waals surface area contributed by atoms with Gasteiger partial charge in [-0.2, -0.15) is 0 Å². The van der Waals surface area contributed by atoms with Crippen LogP contribution >= 0.6 is 14.5 Å². The van der Waals surface area contributed by atoms with Crippen molar-refractivity contribution in [1.29, 1.82) is 0 Å². The summed E-state index contributed by atoms with van der Waals surface area (Å²) in [6.45, 7) is 0. The lowest BCUT2D eigenvalue weighted by molar-refractivity contribution is 0.255. The van der Waals surface area contributed by atoms with E-state index in [1.807, 2.05) is 0 Å². The smallest absolute Gasteiger partial charge is 0.170 e. The van der Waals surface area contributed by atoms with Gasteiger partial charge in [0.25, 0.3) is 0 Å². The molecular weight excluding hydrogens is 590 g/mol. The highest BCUT2D eigenvalue weighted by molar-refractivity contribution is 7.96. The molecule has 6 rings (SSSR count). The molecule has 0 aliphatic rings. The van der Waals surface area contributed by atoms with Gasteiger partial charge in [-0.3, -0.25) is 0 Å². The second-order valence-electron chi connectivity index (χ2n) is 10.5. The molecule has 0 spiro atoms. The van der Waals surface area contributed by atoms with Crippen LogP contribution in [0.1, 0.15) is 0 Å². The van der Waals surface area contributed by atoms with E-state index in [9.17, 15) is 0 Å². The maximum atomic E-state index is 5.72. The number of rotatable bonds is 10. The van der Waals surface area contributed by atoms with Gasteiger partial charge in [-0.25, -0.2) is 0 Å². The fourth-order valence-corrected chi connectivity index (χ4v) is 13.4. The van der Waals surface area contributed by atoms with Crippen molar-refractivity contribution in [3.05, 3.63) is 182 Å². The molecule has 228 valence electrons. The first-order chi connectivity index (χ1) is 21.8. The summed E-state index contributed by atoms with van der Waals surface area (Å²) < 4.78 is 11.4. The van der Waals surface area contributed by atoms with Crippen LogP contribution < -0.4 is 31.8 Å². The van der Waals surface area contributed by atoms with Gasteiger partial charge in [-0.15, -0.1) is 0 Å². The van der Waals surface area contributed by atoms with Crippen molar-refractivity contribution in [2.75, 3.05) is 26.9 Å². The molecule has 5 heteroatoms. The van der Waals surface area contributed by atoms with Crippen molar-refractivity contribution in [3.63, 3.8) is 0 Å². The van der Waals surface area contributed by atoms with Crippen molar-refractivity contribution in [2.45, 2.75) is 0 Å². The van der Waals surface area contributed by atoms with E-state index in [4.69, 9.17) is 9.47 Å². The zero-order chi connectivity index (χ0) is 30.5. The second-order valence-corrected chi connectivity index (χ2v) is 17.3. The van der Waals surface area contributed by atoms with Crippen LogP contribution in [0.5, 0.6) is 0 Å². The average molecular weight is 631 g/mol. The van der Waals surface area contributed by atoms with Crippen LogP contribution in [-0.2, 0) is 14.9 Å². The average Bonchev–Trinajstić information content (AvgIpc) is 3.12. The molecule has 0 bridgehead atoms. The molecule has 0 atom stereocenters. The molecule has 0 heterocycles. The second kappa shape index (κ2) is 16.9. The Morgan fingerprint density at radius 1 is 0.311 bits per heavy atom. The highest BCUT2D eigenvalue weighted by Crippen LogP contribution is 2.56. The Balaban J connectivity index is 0.000000200. The lowest BCUT2D eigenvalue weighted by Crippen LogP contribution is -2.33. The molecule has 6 aromatic rings. The molecular formula is C40H40O3P2. The fraction of sp³-hybridized carbons (Fsp3) is 0.100. The predicted molar refractivity (Wildman–Crippen MR) is 195 cm³/mol. The van der Waals surface area contributed by atoms with Gasteiger partial charge in [-0.1, -0.05) is 109 Å². The fourth-order valence-electron chi connectivity index (χ4n) is 5.82. The molecule has 0 fully saturated rings. The Bertz CT molecular complexity index is 1330. The minimum Gasteiger partial charge on any atom is -2.00 e. The molecule has 0 aromatic heterocycles. The van der Waals surface area contributed by atoms with Crippen molar-refractivity contribution in [2.24, 2.45) is 0 Å². The minimum atomic E-state index is -1.78. The Morgan fingerprint density at radius 2 is 0.467 bits per heavy atom. The lowest BCUT2D eigenvalue weighted by atomic mass is 10.4. The van der Waals surface area contributed by atoms with Crippen LogP contribution in [0.4, 0.5) is 0 Å². The van der Waals surface area contributed by atoms with E-state index in [1.54, 1.807) is 14.2 Å². The third-order valence-corrected chi connectivity index (χ3v) is 16.2. The van der Waals surface area contributed by atoms with Crippen molar-refractivity contribution in [3.8, 4) is 0 Å². The topological polar surface area (TPSA) is 47.0 Å². The number of benzene rings is 6. The van der Waals surface area contributed by atoms with Gasteiger partial charge in [-0.05, 0) is 72.8 Å². The highest BCUT2D eigenvalue weighted by Gasteiger charge is 2.46. The maximum absolute atomic E-state index is 5.72. The first-order valence-electron chi connectivity index (χ1n) is 14.8. The molecule has 6 aromatic carbocycles. The van der Waals surface area contributed by atoms with E-state index in [0.717, 1.165) is 0 Å². The minimum absolute atomic E-state index is 0. The Labute approximate surface area is 269 Å². The van der Waals surface area contributed by atoms with Crippen molar-refractivity contribution < 1.29 is 14.9 Å². The number of ether oxygens (including phenoxy) is 2. The van der Waals surface area contributed by atoms with Gasteiger partial charge in [0.2, 0.25) is 0 Å². The molecule has 0 aliphatic carbocycles. The van der Waals surface area contributed by atoms with E-state index in [2.05, 4.69) is 182 Å². The van der Waals surface area contributed by atoms with Crippen LogP contribution in [0.15, 0.2) is 182 Å². The summed E-state index contributed by atoms with van der Waals surface area (Å²) in [4.78, 5) is 0. The van der Waals surface area contributed by atoms with Crippen molar-refractivity contribution in [1.82, 2.24) is 0 Å². The first kappa shape index (κ1) is 33.9. The van der Waals surface area contributed by atoms with Gasteiger partial charge < -0.3 is 14.9 Å². The summed E-state index contributed by atoms with van der Waals surface area (Å²) in [6, 6.07) is 64.6. The molecule has 0 N–H and O–H groups in total. The van der Waals surface area contributed by atoms with Crippen LogP contribution in [0.25, 0.3) is 0 Å². The summed E-state index contributed by atoms with van der Waals surface area (Å²) in [5.41, 5.74) is 0. The van der Waals surface area contributed by atoms with Crippen LogP contribution in [0, 0.1) is 0 Å². The quantitative estimate of drug-likeness (QED) is 0.152. The molecule has 45 heavy (non-hydrogen) atoms. The highest BCUT2D eigenvalue weighted by atomic mass is 31.2. The summed E-state index contributed by atoms with van der Waals surface area (Å²) in [6.07, 6.45) is 1.43. The first-order valence-corrected chi connectivity index (χ1v) is 18.8. The Kier molecular flexibility index (Phi) is 12.8. The Morgan fingerprint density at radius 3 is 0.600 bits per heavy atom. The van der Waals surface area contributed by atoms with Crippen LogP contribution in [0.2, 0.25) is 0 Å². The molecule has 0 amide bonds. The van der Waals surface area contributed by atoms with E-state index >= 15 is 0 Å². The van der Waals surface area contributed by atoms with E-state index in [1.165, 1.54) is 31.8 Å². The van der Waals surface area contributed by atoms with Gasteiger partial charge in [0.15, 0.2) is 12.7 Å². The molecule has 0 saturated heterocycles. The van der Waals surface area contributed by atoms with E-state index in [-0.39, 0.29) is 5.48 Å². The Hall–Kier alpha value is -3.94. The van der Waals surface area contributed by atoms with Gasteiger partial charge in [0.1, 0.15) is 46.4 Å². The third kappa shape index (κ3) is 7.48. The monoisotopic (exact) mass is 630 g/mol. The zero-order valence-electron chi connectivity index (χ0n) is 25.9. The lowest BCUT2D eigenvalue weighted by Gasteiger charge is -2.26. The van der Waals surface area contributed by atoms with Gasteiger partial charge in [0.05, 0.1) is 0 Å². The molecule has 0 radical (unpaired) electrons. The zero-order valence-corrected chi connectivity index (χ0v) is 27.6. The number of methoxy groups -OCH3 is 2. The SMILES string of the molecule is COC[P+](c1ccccc1)(c1ccccc1)c1ccccc1.COC[P+](c1ccccc1)(c1ccccc1)c1ccccc1.[O-2]. The van der Waals surface area contributed by atoms with E-state index in [0.29, 0.717) is 12.7 Å². The van der Waals surface area contributed by atoms with Gasteiger partial charge >= 0.3 is 0 Å². The maximum Gasteiger partial charge on any atom is 0.170 e. The van der Waals surface area contributed by atoms with Crippen LogP contribution in [-0.4, -0.2) is 26.9 Å². The molecule has 0 saturated carbocycles. The molecule has 3 nitrogen and oxygen atoms in total. The van der Waals surface area contributed by atoms with Crippen molar-refractivity contribution >= 4 is 46.4 Å². The van der Waals surface area contributed by atoms with Gasteiger partial charge in [0, 0.05) is 14.2 Å². The third-order valence-electron chi connectivity index (χ3n) is 7.83. The van der Waals surface area contributed by atoms with E-state index < -0.39 is 14.5 Å². The number of hydrogen-bond donors (Lipinski definition) is 0. The molecule has 0 unspecified atom stereocenters. The summed E-state index contributed by atoms with van der Waals surface area (Å²) in [5, 5.41) is 8.13. The summed E-state index contributed by atoms with van der Waals surface area (Å²) in [7, 11) is 0.0395. The summed E-state index contributed by atoms with van der Waals surface area (Å²) >= 11 is 0. The normalized spacial score (nSPS) is 11.1. The number of hydrogen-bond acceptors (Lipinski definition) is 2. The standard InChI is InChI=1S/2C20H20OP.O/c2*1-21-17-22(18-11-5-2-6-12-18,19-13-7-3-8-14-19)20-15-9-4-10-16-20;/h2*2-16H,17H2,1H3;/q2*+1;-2. The largest absolute Gasteiger partial charge is 2.00 e.